The number of benzene rings is 1. The maximum Gasteiger partial charge on any atom is 0.262 e. The lowest BCUT2D eigenvalue weighted by Gasteiger charge is -2.13. The molecule has 0 aliphatic carbocycles. The van der Waals surface area contributed by atoms with Crippen molar-refractivity contribution in [3.8, 4) is 0 Å². The van der Waals surface area contributed by atoms with Crippen molar-refractivity contribution in [1.29, 1.82) is 0 Å². The summed E-state index contributed by atoms with van der Waals surface area (Å²) in [4.78, 5) is 17.4. The Bertz CT molecular complexity index is 900. The van der Waals surface area contributed by atoms with E-state index in [1.54, 1.807) is 23.8 Å². The molecule has 0 amide bonds. The molecular formula is C15H20BrN3O4S2. The monoisotopic (exact) mass is 449 g/mol. The van der Waals surface area contributed by atoms with Gasteiger partial charge in [-0.1, -0.05) is 27.7 Å². The minimum Gasteiger partial charge on any atom is -0.383 e. The third kappa shape index (κ3) is 6.07. The molecule has 1 aromatic carbocycles. The van der Waals surface area contributed by atoms with E-state index in [4.69, 9.17) is 4.74 Å². The number of methoxy groups -OCH3 is 1. The molecule has 2 aromatic rings. The average molecular weight is 450 g/mol. The van der Waals surface area contributed by atoms with Gasteiger partial charge in [0.15, 0.2) is 5.16 Å². The highest BCUT2D eigenvalue weighted by Gasteiger charge is 2.12. The normalized spacial score (nSPS) is 12.0. The average Bonchev–Trinajstić information content (AvgIpc) is 2.54. The number of fused-ring (bicyclic) bond motifs is 1. The van der Waals surface area contributed by atoms with Crippen molar-refractivity contribution in [1.82, 2.24) is 14.3 Å². The number of sulfonamides is 1. The highest BCUT2D eigenvalue weighted by molar-refractivity contribution is 9.10. The molecule has 0 aliphatic heterocycles. The number of nitrogens with one attached hydrogen (secondary N) is 1. The Kier molecular flexibility index (Phi) is 7.44. The van der Waals surface area contributed by atoms with Gasteiger partial charge in [0.2, 0.25) is 10.0 Å². The largest absolute Gasteiger partial charge is 0.383 e. The van der Waals surface area contributed by atoms with Crippen LogP contribution in [0.3, 0.4) is 0 Å². The molecule has 1 heterocycles. The fraction of sp³-hybridized carbons (Fsp3) is 0.467. The summed E-state index contributed by atoms with van der Waals surface area (Å²) >= 11 is 4.81. The van der Waals surface area contributed by atoms with Crippen molar-refractivity contribution in [3.05, 3.63) is 33.0 Å². The maximum atomic E-state index is 12.8. The number of hydrogen-bond donors (Lipinski definition) is 1. The van der Waals surface area contributed by atoms with Gasteiger partial charge in [-0.2, -0.15) is 0 Å². The number of nitrogens with zero attached hydrogens (tertiary/aromatic N) is 2. The van der Waals surface area contributed by atoms with Gasteiger partial charge in [0.1, 0.15) is 0 Å². The van der Waals surface area contributed by atoms with Gasteiger partial charge in [-0.25, -0.2) is 18.1 Å². The Hall–Kier alpha value is -0.940. The fourth-order valence-corrected chi connectivity index (χ4v) is 4.00. The van der Waals surface area contributed by atoms with E-state index in [0.29, 0.717) is 47.9 Å². The van der Waals surface area contributed by atoms with E-state index in [1.165, 1.54) is 11.8 Å². The lowest BCUT2D eigenvalue weighted by atomic mass is 10.2. The van der Waals surface area contributed by atoms with Crippen LogP contribution in [0.2, 0.25) is 0 Å². The highest BCUT2D eigenvalue weighted by atomic mass is 79.9. The van der Waals surface area contributed by atoms with Crippen LogP contribution in [0.15, 0.2) is 32.6 Å². The highest BCUT2D eigenvalue weighted by Crippen LogP contribution is 2.21. The van der Waals surface area contributed by atoms with E-state index < -0.39 is 10.0 Å². The van der Waals surface area contributed by atoms with Crippen LogP contribution in [-0.2, 0) is 21.3 Å². The zero-order chi connectivity index (χ0) is 18.4. The molecule has 0 bridgehead atoms. The molecule has 138 valence electrons. The van der Waals surface area contributed by atoms with Gasteiger partial charge in [-0.05, 0) is 24.6 Å². The van der Waals surface area contributed by atoms with Crippen molar-refractivity contribution in [2.24, 2.45) is 0 Å². The molecule has 0 saturated carbocycles. The molecule has 0 radical (unpaired) electrons. The van der Waals surface area contributed by atoms with Crippen LogP contribution in [0.1, 0.15) is 6.42 Å². The molecule has 0 unspecified atom stereocenters. The summed E-state index contributed by atoms with van der Waals surface area (Å²) in [5, 5.41) is 1.16. The number of aromatic nitrogens is 2. The molecule has 25 heavy (non-hydrogen) atoms. The van der Waals surface area contributed by atoms with E-state index in [-0.39, 0.29) is 5.56 Å². The van der Waals surface area contributed by atoms with Crippen molar-refractivity contribution >= 4 is 48.6 Å². The quantitative estimate of drug-likeness (QED) is 0.356. The minimum absolute atomic E-state index is 0.111. The Morgan fingerprint density at radius 2 is 2.16 bits per heavy atom. The minimum atomic E-state index is -3.18. The van der Waals surface area contributed by atoms with Gasteiger partial charge in [-0.3, -0.25) is 9.36 Å². The first-order valence-corrected chi connectivity index (χ1v) is 11.3. The molecule has 1 aromatic heterocycles. The molecule has 10 heteroatoms. The van der Waals surface area contributed by atoms with Crippen molar-refractivity contribution in [2.75, 3.05) is 32.3 Å². The summed E-state index contributed by atoms with van der Waals surface area (Å²) < 4.78 is 32.1. The van der Waals surface area contributed by atoms with Crippen LogP contribution in [0.5, 0.6) is 0 Å². The number of thioether (sulfide) groups is 1. The van der Waals surface area contributed by atoms with Gasteiger partial charge in [0.05, 0.1) is 30.3 Å². The molecule has 2 rings (SSSR count). The molecule has 0 aliphatic rings. The number of rotatable bonds is 9. The van der Waals surface area contributed by atoms with E-state index in [0.717, 1.165) is 10.7 Å². The van der Waals surface area contributed by atoms with Gasteiger partial charge in [-0.15, -0.1) is 0 Å². The summed E-state index contributed by atoms with van der Waals surface area (Å²) in [6.07, 6.45) is 1.77. The van der Waals surface area contributed by atoms with E-state index in [9.17, 15) is 13.2 Å². The molecule has 0 saturated heterocycles. The topological polar surface area (TPSA) is 90.3 Å². The first-order chi connectivity index (χ1) is 11.8. The van der Waals surface area contributed by atoms with Crippen LogP contribution in [0, 0.1) is 0 Å². The second-order valence-corrected chi connectivity index (χ2v) is 9.18. The smallest absolute Gasteiger partial charge is 0.262 e. The standard InChI is InChI=1S/C15H20BrN3O4S2/c1-23-8-7-19-14(20)12-10-11(16)4-5-13(12)18-15(19)24-9-3-6-17-25(2,21)22/h4-5,10,17H,3,6-9H2,1-2H3. The van der Waals surface area contributed by atoms with Crippen LogP contribution in [0.25, 0.3) is 10.9 Å². The molecular weight excluding hydrogens is 430 g/mol. The van der Waals surface area contributed by atoms with Crippen LogP contribution >= 0.6 is 27.7 Å². The molecule has 0 atom stereocenters. The van der Waals surface area contributed by atoms with Gasteiger partial charge < -0.3 is 4.74 Å². The van der Waals surface area contributed by atoms with Crippen molar-refractivity contribution < 1.29 is 13.2 Å². The molecule has 7 nitrogen and oxygen atoms in total. The zero-order valence-corrected chi connectivity index (χ0v) is 17.2. The summed E-state index contributed by atoms with van der Waals surface area (Å²) in [5.74, 6) is 0.643. The summed E-state index contributed by atoms with van der Waals surface area (Å²) in [6.45, 7) is 1.17. The first-order valence-electron chi connectivity index (χ1n) is 7.58. The predicted octanol–water partition coefficient (Wildman–Crippen LogP) is 1.84. The summed E-state index contributed by atoms with van der Waals surface area (Å²) in [7, 11) is -1.60. The van der Waals surface area contributed by atoms with Gasteiger partial charge >= 0.3 is 0 Å². The lowest BCUT2D eigenvalue weighted by Crippen LogP contribution is -2.26. The Morgan fingerprint density at radius 3 is 2.84 bits per heavy atom. The van der Waals surface area contributed by atoms with Crippen LogP contribution in [-0.4, -0.2) is 50.2 Å². The lowest BCUT2D eigenvalue weighted by molar-refractivity contribution is 0.183. The second kappa shape index (κ2) is 9.13. The molecule has 0 spiro atoms. The Balaban J connectivity index is 2.21. The van der Waals surface area contributed by atoms with Crippen LogP contribution in [0.4, 0.5) is 0 Å². The first kappa shape index (κ1) is 20.4. The summed E-state index contributed by atoms with van der Waals surface area (Å²) in [5.41, 5.74) is 0.527. The third-order valence-corrected chi connectivity index (χ3v) is 5.60. The van der Waals surface area contributed by atoms with Crippen LogP contribution < -0.4 is 10.3 Å². The second-order valence-electron chi connectivity index (χ2n) is 5.37. The van der Waals surface area contributed by atoms with Crippen molar-refractivity contribution in [3.63, 3.8) is 0 Å². The van der Waals surface area contributed by atoms with E-state index in [2.05, 4.69) is 25.6 Å². The van der Waals surface area contributed by atoms with Crippen molar-refractivity contribution in [2.45, 2.75) is 18.1 Å². The predicted molar refractivity (Wildman–Crippen MR) is 104 cm³/mol. The van der Waals surface area contributed by atoms with Gasteiger partial charge in [0, 0.05) is 23.9 Å². The third-order valence-electron chi connectivity index (χ3n) is 3.32. The Morgan fingerprint density at radius 1 is 1.40 bits per heavy atom. The van der Waals surface area contributed by atoms with E-state index in [1.807, 2.05) is 6.07 Å². The number of ether oxygens (including phenoxy) is 1. The summed E-state index contributed by atoms with van der Waals surface area (Å²) in [6, 6.07) is 5.41. The Labute approximate surface area is 159 Å². The van der Waals surface area contributed by atoms with E-state index >= 15 is 0 Å². The number of hydrogen-bond acceptors (Lipinski definition) is 6. The fourth-order valence-electron chi connectivity index (χ4n) is 2.16. The maximum absolute atomic E-state index is 12.8. The van der Waals surface area contributed by atoms with Gasteiger partial charge in [0.25, 0.3) is 5.56 Å². The molecule has 1 N–H and O–H groups in total. The number of halogens is 1. The zero-order valence-electron chi connectivity index (χ0n) is 14.0. The molecule has 0 fully saturated rings. The SMILES string of the molecule is COCCn1c(SCCCNS(C)(=O)=O)nc2ccc(Br)cc2c1=O.